The Balaban J connectivity index is 1.67. The minimum Gasteiger partial charge on any atom is -0.368 e. The molecule has 1 aliphatic rings. The number of hydrogen-bond donors (Lipinski definition) is 0. The van der Waals surface area contributed by atoms with E-state index in [1.165, 1.54) is 6.07 Å². The summed E-state index contributed by atoms with van der Waals surface area (Å²) in [4.78, 5) is 16.7. The predicted octanol–water partition coefficient (Wildman–Crippen LogP) is 3.08. The molecule has 2 aromatic rings. The standard InChI is InChI=1S/C16H17F3N4OS/c1-2-13-14(25-21-20-13)15(24)23-8-6-22(7-9-23)12-5-3-4-11(10-12)16(17,18)19/h3-5,10H,2,6-9H2,1H3. The number of anilines is 1. The first-order valence-electron chi connectivity index (χ1n) is 7.93. The Hall–Kier alpha value is -2.16. The summed E-state index contributed by atoms with van der Waals surface area (Å²) in [5, 5.41) is 3.95. The van der Waals surface area contributed by atoms with Gasteiger partial charge in [-0.3, -0.25) is 4.79 Å². The lowest BCUT2D eigenvalue weighted by atomic mass is 10.1. The maximum absolute atomic E-state index is 12.8. The van der Waals surface area contributed by atoms with Crippen molar-refractivity contribution in [3.63, 3.8) is 0 Å². The first kappa shape index (κ1) is 17.7. The van der Waals surface area contributed by atoms with Gasteiger partial charge in [0.2, 0.25) is 0 Å². The van der Waals surface area contributed by atoms with Gasteiger partial charge in [0.25, 0.3) is 5.91 Å². The quantitative estimate of drug-likeness (QED) is 0.833. The van der Waals surface area contributed by atoms with Gasteiger partial charge in [-0.05, 0) is 36.2 Å². The van der Waals surface area contributed by atoms with Crippen LogP contribution in [0.25, 0.3) is 0 Å². The van der Waals surface area contributed by atoms with Crippen LogP contribution in [0.3, 0.4) is 0 Å². The molecule has 0 aliphatic carbocycles. The molecule has 0 saturated carbocycles. The van der Waals surface area contributed by atoms with Gasteiger partial charge in [0.1, 0.15) is 4.88 Å². The van der Waals surface area contributed by atoms with Crippen molar-refractivity contribution in [2.24, 2.45) is 0 Å². The summed E-state index contributed by atoms with van der Waals surface area (Å²) >= 11 is 1.09. The number of alkyl halides is 3. The Morgan fingerprint density at radius 1 is 1.24 bits per heavy atom. The van der Waals surface area contributed by atoms with E-state index in [1.807, 2.05) is 11.8 Å². The van der Waals surface area contributed by atoms with E-state index in [1.54, 1.807) is 11.0 Å². The number of carbonyl (C=O) groups is 1. The van der Waals surface area contributed by atoms with E-state index >= 15 is 0 Å². The van der Waals surface area contributed by atoms with E-state index in [9.17, 15) is 18.0 Å². The molecule has 134 valence electrons. The van der Waals surface area contributed by atoms with Crippen molar-refractivity contribution in [1.29, 1.82) is 0 Å². The molecule has 2 heterocycles. The topological polar surface area (TPSA) is 49.3 Å². The highest BCUT2D eigenvalue weighted by Gasteiger charge is 2.31. The summed E-state index contributed by atoms with van der Waals surface area (Å²) in [7, 11) is 0. The third-order valence-corrected chi connectivity index (χ3v) is 4.95. The minimum absolute atomic E-state index is 0.101. The smallest absolute Gasteiger partial charge is 0.368 e. The van der Waals surface area contributed by atoms with Crippen molar-refractivity contribution in [1.82, 2.24) is 14.5 Å². The van der Waals surface area contributed by atoms with Gasteiger partial charge in [-0.25, -0.2) is 0 Å². The van der Waals surface area contributed by atoms with Crippen LogP contribution in [0.15, 0.2) is 24.3 Å². The summed E-state index contributed by atoms with van der Waals surface area (Å²) in [6.07, 6.45) is -3.72. The fourth-order valence-corrected chi connectivity index (χ4v) is 3.51. The normalized spacial score (nSPS) is 15.5. The Labute approximate surface area is 147 Å². The van der Waals surface area contributed by atoms with Crippen LogP contribution in [0.5, 0.6) is 0 Å². The number of benzene rings is 1. The SMILES string of the molecule is CCc1nnsc1C(=O)N1CCN(c2cccc(C(F)(F)F)c2)CC1. The van der Waals surface area contributed by atoms with Gasteiger partial charge in [-0.15, -0.1) is 5.10 Å². The molecule has 1 aliphatic heterocycles. The van der Waals surface area contributed by atoms with Gasteiger partial charge >= 0.3 is 6.18 Å². The zero-order valence-corrected chi connectivity index (χ0v) is 14.4. The molecular formula is C16H17F3N4OS. The van der Waals surface area contributed by atoms with Crippen LogP contribution in [-0.4, -0.2) is 46.6 Å². The number of rotatable bonds is 3. The number of piperazine rings is 1. The van der Waals surface area contributed by atoms with Crippen molar-refractivity contribution in [3.8, 4) is 0 Å². The molecule has 0 radical (unpaired) electrons. The fourth-order valence-electron chi connectivity index (χ4n) is 2.79. The second kappa shape index (κ2) is 6.99. The van der Waals surface area contributed by atoms with E-state index in [0.717, 1.165) is 23.7 Å². The number of carbonyl (C=O) groups excluding carboxylic acids is 1. The van der Waals surface area contributed by atoms with Crippen molar-refractivity contribution < 1.29 is 18.0 Å². The molecule has 25 heavy (non-hydrogen) atoms. The molecule has 0 unspecified atom stereocenters. The zero-order chi connectivity index (χ0) is 18.0. The van der Waals surface area contributed by atoms with Crippen molar-refractivity contribution in [2.75, 3.05) is 31.1 Å². The van der Waals surface area contributed by atoms with Crippen molar-refractivity contribution in [3.05, 3.63) is 40.4 Å². The maximum Gasteiger partial charge on any atom is 0.416 e. The van der Waals surface area contributed by atoms with Crippen LogP contribution < -0.4 is 4.90 Å². The van der Waals surface area contributed by atoms with Crippen LogP contribution >= 0.6 is 11.5 Å². The molecule has 0 spiro atoms. The molecule has 0 N–H and O–H groups in total. The minimum atomic E-state index is -4.36. The number of hydrogen-bond acceptors (Lipinski definition) is 5. The summed E-state index contributed by atoms with van der Waals surface area (Å²) in [5.74, 6) is -0.101. The first-order valence-corrected chi connectivity index (χ1v) is 8.70. The number of aryl methyl sites for hydroxylation is 1. The van der Waals surface area contributed by atoms with E-state index < -0.39 is 11.7 Å². The molecule has 0 bridgehead atoms. The molecule has 1 amide bonds. The molecule has 1 aromatic heterocycles. The van der Waals surface area contributed by atoms with Crippen molar-refractivity contribution in [2.45, 2.75) is 19.5 Å². The second-order valence-electron chi connectivity index (χ2n) is 5.73. The van der Waals surface area contributed by atoms with Crippen LogP contribution in [0, 0.1) is 0 Å². The first-order chi connectivity index (χ1) is 11.9. The Morgan fingerprint density at radius 2 is 1.96 bits per heavy atom. The number of nitrogens with zero attached hydrogens (tertiary/aromatic N) is 4. The Morgan fingerprint density at radius 3 is 2.60 bits per heavy atom. The molecular weight excluding hydrogens is 353 g/mol. The highest BCUT2D eigenvalue weighted by atomic mass is 32.1. The van der Waals surface area contributed by atoms with Gasteiger partial charge in [0.15, 0.2) is 0 Å². The summed E-state index contributed by atoms with van der Waals surface area (Å²) in [6, 6.07) is 5.29. The average molecular weight is 370 g/mol. The monoisotopic (exact) mass is 370 g/mol. The lowest BCUT2D eigenvalue weighted by molar-refractivity contribution is -0.137. The van der Waals surface area contributed by atoms with Gasteiger partial charge in [-0.1, -0.05) is 17.5 Å². The Kier molecular flexibility index (Phi) is 4.94. The summed E-state index contributed by atoms with van der Waals surface area (Å²) < 4.78 is 42.4. The van der Waals surface area contributed by atoms with Gasteiger partial charge in [-0.2, -0.15) is 13.2 Å². The van der Waals surface area contributed by atoms with Gasteiger partial charge in [0, 0.05) is 31.9 Å². The van der Waals surface area contributed by atoms with Gasteiger partial charge < -0.3 is 9.80 Å². The lowest BCUT2D eigenvalue weighted by Crippen LogP contribution is -2.48. The molecule has 5 nitrogen and oxygen atoms in total. The molecule has 1 aromatic carbocycles. The Bertz CT molecular complexity index is 754. The van der Waals surface area contributed by atoms with E-state index in [-0.39, 0.29) is 5.91 Å². The fraction of sp³-hybridized carbons (Fsp3) is 0.438. The largest absolute Gasteiger partial charge is 0.416 e. The van der Waals surface area contributed by atoms with Crippen LogP contribution in [0.2, 0.25) is 0 Å². The van der Waals surface area contributed by atoms with Crippen LogP contribution in [0.1, 0.15) is 27.9 Å². The van der Waals surface area contributed by atoms with Crippen LogP contribution in [0.4, 0.5) is 18.9 Å². The highest BCUT2D eigenvalue weighted by molar-refractivity contribution is 7.08. The zero-order valence-electron chi connectivity index (χ0n) is 13.6. The highest BCUT2D eigenvalue weighted by Crippen LogP contribution is 2.32. The predicted molar refractivity (Wildman–Crippen MR) is 88.8 cm³/mol. The number of aromatic nitrogens is 2. The van der Waals surface area contributed by atoms with E-state index in [4.69, 9.17) is 0 Å². The van der Waals surface area contributed by atoms with E-state index in [0.29, 0.717) is 48.9 Å². The van der Waals surface area contributed by atoms with Gasteiger partial charge in [0.05, 0.1) is 11.3 Å². The summed E-state index contributed by atoms with van der Waals surface area (Å²) in [5.41, 5.74) is 0.553. The third kappa shape index (κ3) is 3.76. The molecule has 1 fully saturated rings. The average Bonchev–Trinajstić information content (AvgIpc) is 3.09. The number of halogens is 3. The summed E-state index contributed by atoms with van der Waals surface area (Å²) in [6.45, 7) is 3.80. The lowest BCUT2D eigenvalue weighted by Gasteiger charge is -2.36. The van der Waals surface area contributed by atoms with E-state index in [2.05, 4.69) is 9.59 Å². The molecule has 3 rings (SSSR count). The second-order valence-corrected chi connectivity index (χ2v) is 6.48. The maximum atomic E-state index is 12.8. The molecule has 0 atom stereocenters. The third-order valence-electron chi connectivity index (χ3n) is 4.19. The van der Waals surface area contributed by atoms with Crippen LogP contribution in [-0.2, 0) is 12.6 Å². The molecule has 9 heteroatoms. The van der Waals surface area contributed by atoms with Crippen molar-refractivity contribution >= 4 is 23.1 Å². The number of amides is 1. The molecule has 1 saturated heterocycles.